The molecule has 0 aromatic carbocycles. The van der Waals surface area contributed by atoms with Crippen LogP contribution in [0.3, 0.4) is 0 Å². The maximum atomic E-state index is 9.41. The molecular formula is C9H9NO3. The van der Waals surface area contributed by atoms with Gasteiger partial charge in [0.1, 0.15) is 11.5 Å². The van der Waals surface area contributed by atoms with Crippen LogP contribution in [0.15, 0.2) is 18.2 Å². The van der Waals surface area contributed by atoms with Crippen molar-refractivity contribution >= 4 is 5.76 Å². The molecule has 0 radical (unpaired) electrons. The molecule has 68 valence electrons. The number of pyridine rings is 1. The van der Waals surface area contributed by atoms with E-state index in [4.69, 9.17) is 9.84 Å². The molecule has 0 saturated carbocycles. The van der Waals surface area contributed by atoms with Crippen molar-refractivity contribution in [1.29, 1.82) is 0 Å². The van der Waals surface area contributed by atoms with Crippen molar-refractivity contribution in [2.75, 3.05) is 0 Å². The van der Waals surface area contributed by atoms with E-state index in [2.05, 4.69) is 4.98 Å². The molecule has 13 heavy (non-hydrogen) atoms. The first-order valence-electron chi connectivity index (χ1n) is 3.90. The fourth-order valence-electron chi connectivity index (χ4n) is 1.20. The number of aryl methyl sites for hydroxylation is 1. The summed E-state index contributed by atoms with van der Waals surface area (Å²) in [5.41, 5.74) is 1.17. The van der Waals surface area contributed by atoms with Crippen LogP contribution in [-0.2, 0) is 0 Å². The van der Waals surface area contributed by atoms with Gasteiger partial charge in [0.15, 0.2) is 5.75 Å². The monoisotopic (exact) mass is 179 g/mol. The van der Waals surface area contributed by atoms with Crippen LogP contribution >= 0.6 is 0 Å². The van der Waals surface area contributed by atoms with Gasteiger partial charge in [-0.1, -0.05) is 0 Å². The molecule has 1 aliphatic rings. The van der Waals surface area contributed by atoms with E-state index in [1.54, 1.807) is 12.1 Å². The van der Waals surface area contributed by atoms with Gasteiger partial charge in [0.2, 0.25) is 6.29 Å². The number of nitrogens with zero attached hydrogens (tertiary/aromatic N) is 1. The van der Waals surface area contributed by atoms with E-state index in [1.165, 1.54) is 6.08 Å². The molecule has 4 heteroatoms. The molecule has 2 N–H and O–H groups in total. The molecule has 1 aliphatic heterocycles. The molecule has 1 aromatic heterocycles. The van der Waals surface area contributed by atoms with Gasteiger partial charge in [-0.3, -0.25) is 0 Å². The predicted octanol–water partition coefficient (Wildman–Crippen LogP) is 1.000. The Morgan fingerprint density at radius 3 is 3.00 bits per heavy atom. The topological polar surface area (TPSA) is 62.6 Å². The first-order chi connectivity index (χ1) is 6.16. The zero-order valence-corrected chi connectivity index (χ0v) is 7.06. The van der Waals surface area contributed by atoms with Gasteiger partial charge >= 0.3 is 0 Å². The highest BCUT2D eigenvalue weighted by atomic mass is 16.6. The van der Waals surface area contributed by atoms with Crippen molar-refractivity contribution in [2.45, 2.75) is 13.2 Å². The Balaban J connectivity index is 2.54. The number of aliphatic hydroxyl groups is 2. The second kappa shape index (κ2) is 2.74. The van der Waals surface area contributed by atoms with Gasteiger partial charge in [-0.15, -0.1) is 0 Å². The number of aliphatic hydroxyl groups excluding tert-OH is 2. The molecule has 0 spiro atoms. The highest BCUT2D eigenvalue weighted by Gasteiger charge is 2.19. The second-order valence-electron chi connectivity index (χ2n) is 2.86. The van der Waals surface area contributed by atoms with E-state index < -0.39 is 6.29 Å². The summed E-state index contributed by atoms with van der Waals surface area (Å²) in [4.78, 5) is 4.07. The van der Waals surface area contributed by atoms with Crippen LogP contribution in [0.2, 0.25) is 0 Å². The fourth-order valence-corrected chi connectivity index (χ4v) is 1.20. The maximum absolute atomic E-state index is 9.41. The summed E-state index contributed by atoms with van der Waals surface area (Å²) in [5, 5.41) is 18.5. The zero-order chi connectivity index (χ0) is 9.42. The van der Waals surface area contributed by atoms with E-state index in [-0.39, 0.29) is 5.76 Å². The third-order valence-electron chi connectivity index (χ3n) is 1.79. The lowest BCUT2D eigenvalue weighted by Gasteiger charge is -2.18. The summed E-state index contributed by atoms with van der Waals surface area (Å²) in [6.07, 6.45) is 0.117. The van der Waals surface area contributed by atoms with Gasteiger partial charge in [0.25, 0.3) is 0 Å². The van der Waals surface area contributed by atoms with Gasteiger partial charge in [0, 0.05) is 11.8 Å². The fraction of sp³-hybridized carbons (Fsp3) is 0.222. The number of rotatable bonds is 0. The van der Waals surface area contributed by atoms with E-state index >= 15 is 0 Å². The normalized spacial score (nSPS) is 20.2. The van der Waals surface area contributed by atoms with Crippen LogP contribution < -0.4 is 4.74 Å². The first-order valence-corrected chi connectivity index (χ1v) is 3.90. The number of hydrogen-bond acceptors (Lipinski definition) is 4. The van der Waals surface area contributed by atoms with Crippen molar-refractivity contribution < 1.29 is 14.9 Å². The lowest BCUT2D eigenvalue weighted by Crippen LogP contribution is -2.18. The van der Waals surface area contributed by atoms with Crippen LogP contribution in [0.5, 0.6) is 5.75 Å². The summed E-state index contributed by atoms with van der Waals surface area (Å²) >= 11 is 0. The molecule has 0 fully saturated rings. The minimum Gasteiger partial charge on any atom is -0.506 e. The Morgan fingerprint density at radius 2 is 2.23 bits per heavy atom. The summed E-state index contributed by atoms with van der Waals surface area (Å²) < 4.78 is 5.01. The summed E-state index contributed by atoms with van der Waals surface area (Å²) in [5.74, 6) is 0.357. The Hall–Kier alpha value is -1.55. The first kappa shape index (κ1) is 8.07. The number of aromatic nitrogens is 1. The smallest absolute Gasteiger partial charge is 0.221 e. The van der Waals surface area contributed by atoms with Crippen LogP contribution in [0.4, 0.5) is 0 Å². The minimum absolute atomic E-state index is 0.0440. The molecule has 1 atom stereocenters. The van der Waals surface area contributed by atoms with E-state index in [9.17, 15) is 5.11 Å². The highest BCUT2D eigenvalue weighted by Crippen LogP contribution is 2.27. The largest absolute Gasteiger partial charge is 0.506 e. The summed E-state index contributed by atoms with van der Waals surface area (Å²) in [6.45, 7) is 1.82. The molecule has 4 nitrogen and oxygen atoms in total. The third kappa shape index (κ3) is 1.36. The lowest BCUT2D eigenvalue weighted by atomic mass is 10.2. The lowest BCUT2D eigenvalue weighted by molar-refractivity contribution is 0.0201. The molecule has 0 saturated heterocycles. The molecule has 0 aliphatic carbocycles. The van der Waals surface area contributed by atoms with Gasteiger partial charge in [-0.2, -0.15) is 0 Å². The van der Waals surface area contributed by atoms with Crippen molar-refractivity contribution in [2.24, 2.45) is 0 Å². The standard InChI is InChI=1S/C9H9NO3/c1-5-2-3-7-9(10-5)6(11)4-8(12)13-7/h2-4,8,11-12H,1H3. The van der Waals surface area contributed by atoms with E-state index in [0.717, 1.165) is 5.69 Å². The molecular weight excluding hydrogens is 170 g/mol. The highest BCUT2D eigenvalue weighted by molar-refractivity contribution is 5.63. The van der Waals surface area contributed by atoms with Crippen LogP contribution in [-0.4, -0.2) is 21.5 Å². The Bertz CT molecular complexity index is 373. The van der Waals surface area contributed by atoms with Gasteiger partial charge in [-0.05, 0) is 19.1 Å². The van der Waals surface area contributed by atoms with Crippen molar-refractivity contribution in [1.82, 2.24) is 4.98 Å². The second-order valence-corrected chi connectivity index (χ2v) is 2.86. The van der Waals surface area contributed by atoms with Crippen molar-refractivity contribution in [3.63, 3.8) is 0 Å². The van der Waals surface area contributed by atoms with Gasteiger partial charge < -0.3 is 14.9 Å². The Kier molecular flexibility index (Phi) is 1.70. The SMILES string of the molecule is Cc1ccc2c(n1)C(O)=CC(O)O2. The van der Waals surface area contributed by atoms with E-state index in [0.29, 0.717) is 11.4 Å². The quantitative estimate of drug-likeness (QED) is 0.623. The number of ether oxygens (including phenoxy) is 1. The maximum Gasteiger partial charge on any atom is 0.221 e. The van der Waals surface area contributed by atoms with Crippen molar-refractivity contribution in [3.8, 4) is 5.75 Å². The summed E-state index contributed by atoms with van der Waals surface area (Å²) in [6, 6.07) is 3.42. The van der Waals surface area contributed by atoms with Crippen LogP contribution in [0.25, 0.3) is 5.76 Å². The Morgan fingerprint density at radius 1 is 1.46 bits per heavy atom. The number of fused-ring (bicyclic) bond motifs is 1. The molecule has 1 unspecified atom stereocenters. The minimum atomic E-state index is -1.09. The van der Waals surface area contributed by atoms with Gasteiger partial charge in [-0.25, -0.2) is 4.98 Å². The Labute approximate surface area is 75.1 Å². The zero-order valence-electron chi connectivity index (χ0n) is 7.06. The van der Waals surface area contributed by atoms with Crippen molar-refractivity contribution in [3.05, 3.63) is 29.6 Å². The van der Waals surface area contributed by atoms with Crippen LogP contribution in [0.1, 0.15) is 11.4 Å². The number of hydrogen-bond donors (Lipinski definition) is 2. The molecule has 0 bridgehead atoms. The van der Waals surface area contributed by atoms with Gasteiger partial charge in [0.05, 0.1) is 0 Å². The average Bonchev–Trinajstić information content (AvgIpc) is 2.06. The molecule has 1 aromatic rings. The molecule has 2 heterocycles. The predicted molar refractivity (Wildman–Crippen MR) is 46.2 cm³/mol. The summed E-state index contributed by atoms with van der Waals surface area (Å²) in [7, 11) is 0. The van der Waals surface area contributed by atoms with E-state index in [1.807, 2.05) is 6.92 Å². The van der Waals surface area contributed by atoms with Crippen LogP contribution in [0, 0.1) is 6.92 Å². The molecule has 2 rings (SSSR count). The third-order valence-corrected chi connectivity index (χ3v) is 1.79. The average molecular weight is 179 g/mol. The molecule has 0 amide bonds.